The molecule has 1 aromatic rings. The first-order valence-corrected chi connectivity index (χ1v) is 4.30. The Morgan fingerprint density at radius 2 is 2.00 bits per heavy atom. The molecule has 0 spiro atoms. The van der Waals surface area contributed by atoms with Crippen LogP contribution < -0.4 is 0 Å². The van der Waals surface area contributed by atoms with Crippen LogP contribution in [0.5, 0.6) is 0 Å². The first-order valence-electron chi connectivity index (χ1n) is 4.30. The molecule has 66 valence electrons. The summed E-state index contributed by atoms with van der Waals surface area (Å²) < 4.78 is 12.7. The van der Waals surface area contributed by atoms with Gasteiger partial charge >= 0.3 is 0 Å². The van der Waals surface area contributed by atoms with Gasteiger partial charge < -0.3 is 0 Å². The summed E-state index contributed by atoms with van der Waals surface area (Å²) in [4.78, 5) is 0. The number of halogens is 1. The second-order valence-electron chi connectivity index (χ2n) is 3.34. The van der Waals surface area contributed by atoms with Crippen LogP contribution in [0.3, 0.4) is 0 Å². The third-order valence-corrected chi connectivity index (χ3v) is 2.22. The third-order valence-electron chi connectivity index (χ3n) is 2.22. The molecule has 0 aliphatic rings. The van der Waals surface area contributed by atoms with Crippen molar-refractivity contribution in [3.05, 3.63) is 34.9 Å². The van der Waals surface area contributed by atoms with Gasteiger partial charge in [-0.3, -0.25) is 0 Å². The van der Waals surface area contributed by atoms with Crippen molar-refractivity contribution >= 4 is 0 Å². The van der Waals surface area contributed by atoms with E-state index in [9.17, 15) is 4.39 Å². The number of alkyl halides is 1. The molecule has 1 atom stereocenters. The Kier molecular flexibility index (Phi) is 2.85. The highest BCUT2D eigenvalue weighted by Gasteiger charge is 2.04. The normalized spacial score (nSPS) is 13.0. The molecular formula is C11H15F. The molecule has 1 heteroatoms. The second-order valence-corrected chi connectivity index (χ2v) is 3.34. The molecule has 0 heterocycles. The van der Waals surface area contributed by atoms with E-state index >= 15 is 0 Å². The molecule has 0 aliphatic heterocycles. The predicted octanol–water partition coefficient (Wildman–Crippen LogP) is 3.20. The zero-order valence-electron chi connectivity index (χ0n) is 7.89. The number of aryl methyl sites for hydroxylation is 1. The molecule has 0 aliphatic carbocycles. The van der Waals surface area contributed by atoms with Crippen molar-refractivity contribution in [3.8, 4) is 0 Å². The van der Waals surface area contributed by atoms with Crippen LogP contribution in [0.2, 0.25) is 0 Å². The van der Waals surface area contributed by atoms with Gasteiger partial charge in [0, 0.05) is 6.42 Å². The van der Waals surface area contributed by atoms with E-state index in [0.29, 0.717) is 6.42 Å². The van der Waals surface area contributed by atoms with Crippen LogP contribution in [0.1, 0.15) is 23.6 Å². The SMILES string of the molecule is Cc1cccc(C[C@H](C)F)c1C. The Labute approximate surface area is 73.4 Å². The molecule has 0 bridgehead atoms. The standard InChI is InChI=1S/C11H15F/c1-8-5-4-6-11(10(8)3)7-9(2)12/h4-6,9H,7H2,1-3H3/t9-/m0/s1. The largest absolute Gasteiger partial charge is 0.247 e. The van der Waals surface area contributed by atoms with Crippen molar-refractivity contribution in [1.82, 2.24) is 0 Å². The lowest BCUT2D eigenvalue weighted by atomic mass is 10.00. The Morgan fingerprint density at radius 1 is 1.33 bits per heavy atom. The van der Waals surface area contributed by atoms with Crippen molar-refractivity contribution in [2.24, 2.45) is 0 Å². The predicted molar refractivity (Wildman–Crippen MR) is 50.2 cm³/mol. The summed E-state index contributed by atoms with van der Waals surface area (Å²) in [6, 6.07) is 6.04. The molecule has 1 aromatic carbocycles. The van der Waals surface area contributed by atoms with Gasteiger partial charge in [0.2, 0.25) is 0 Å². The smallest absolute Gasteiger partial charge is 0.101 e. The van der Waals surface area contributed by atoms with Crippen LogP contribution in [0.25, 0.3) is 0 Å². The van der Waals surface area contributed by atoms with Crippen LogP contribution in [0.15, 0.2) is 18.2 Å². The van der Waals surface area contributed by atoms with Crippen LogP contribution in [-0.4, -0.2) is 6.17 Å². The van der Waals surface area contributed by atoms with Crippen LogP contribution in [-0.2, 0) is 6.42 Å². The van der Waals surface area contributed by atoms with Crippen molar-refractivity contribution < 1.29 is 4.39 Å². The van der Waals surface area contributed by atoms with Gasteiger partial charge in [-0.25, -0.2) is 4.39 Å². The van der Waals surface area contributed by atoms with Gasteiger partial charge in [-0.2, -0.15) is 0 Å². The van der Waals surface area contributed by atoms with Crippen molar-refractivity contribution in [2.45, 2.75) is 33.4 Å². The monoisotopic (exact) mass is 166 g/mol. The minimum atomic E-state index is -0.745. The Bertz CT molecular complexity index is 264. The van der Waals surface area contributed by atoms with Gasteiger partial charge in [0.15, 0.2) is 0 Å². The molecule has 0 nitrogen and oxygen atoms in total. The fourth-order valence-electron chi connectivity index (χ4n) is 1.34. The van der Waals surface area contributed by atoms with E-state index in [0.717, 1.165) is 5.56 Å². The lowest BCUT2D eigenvalue weighted by molar-refractivity contribution is 0.359. The second kappa shape index (κ2) is 3.70. The average molecular weight is 166 g/mol. The molecule has 0 amide bonds. The Balaban J connectivity index is 2.92. The highest BCUT2D eigenvalue weighted by molar-refractivity contribution is 5.33. The third kappa shape index (κ3) is 2.07. The molecule has 0 saturated heterocycles. The van der Waals surface area contributed by atoms with Gasteiger partial charge in [-0.1, -0.05) is 18.2 Å². The highest BCUT2D eigenvalue weighted by atomic mass is 19.1. The van der Waals surface area contributed by atoms with Crippen LogP contribution >= 0.6 is 0 Å². The summed E-state index contributed by atoms with van der Waals surface area (Å²) in [5.41, 5.74) is 3.60. The minimum Gasteiger partial charge on any atom is -0.247 e. The molecule has 1 rings (SSSR count). The summed E-state index contributed by atoms with van der Waals surface area (Å²) in [5.74, 6) is 0. The molecular weight excluding hydrogens is 151 g/mol. The van der Waals surface area contributed by atoms with E-state index < -0.39 is 6.17 Å². The number of hydrogen-bond acceptors (Lipinski definition) is 0. The Hall–Kier alpha value is -0.850. The fourth-order valence-corrected chi connectivity index (χ4v) is 1.34. The van der Waals surface area contributed by atoms with Crippen molar-refractivity contribution in [3.63, 3.8) is 0 Å². The number of hydrogen-bond donors (Lipinski definition) is 0. The van der Waals surface area contributed by atoms with Gasteiger partial charge in [-0.05, 0) is 37.5 Å². The first-order chi connectivity index (χ1) is 5.61. The zero-order valence-corrected chi connectivity index (χ0v) is 7.89. The summed E-state index contributed by atoms with van der Waals surface area (Å²) >= 11 is 0. The summed E-state index contributed by atoms with van der Waals surface area (Å²) in [6.45, 7) is 5.70. The maximum Gasteiger partial charge on any atom is 0.101 e. The molecule has 0 aromatic heterocycles. The van der Waals surface area contributed by atoms with E-state index in [1.807, 2.05) is 19.1 Å². The van der Waals surface area contributed by atoms with E-state index in [2.05, 4.69) is 13.0 Å². The zero-order chi connectivity index (χ0) is 9.14. The van der Waals surface area contributed by atoms with Gasteiger partial charge in [0.05, 0.1) is 0 Å². The van der Waals surface area contributed by atoms with Gasteiger partial charge in [0.1, 0.15) is 6.17 Å². The molecule has 0 radical (unpaired) electrons. The number of rotatable bonds is 2. The molecule has 0 unspecified atom stereocenters. The van der Waals surface area contributed by atoms with Crippen molar-refractivity contribution in [1.29, 1.82) is 0 Å². The first kappa shape index (κ1) is 9.24. The van der Waals surface area contributed by atoms with E-state index in [4.69, 9.17) is 0 Å². The maximum absolute atomic E-state index is 12.7. The number of benzene rings is 1. The van der Waals surface area contributed by atoms with Crippen LogP contribution in [0, 0.1) is 13.8 Å². The summed E-state index contributed by atoms with van der Waals surface area (Å²) in [5, 5.41) is 0. The summed E-state index contributed by atoms with van der Waals surface area (Å²) in [6.07, 6.45) is -0.210. The topological polar surface area (TPSA) is 0 Å². The highest BCUT2D eigenvalue weighted by Crippen LogP contribution is 2.15. The van der Waals surface area contributed by atoms with E-state index in [-0.39, 0.29) is 0 Å². The molecule has 0 N–H and O–H groups in total. The molecule has 12 heavy (non-hydrogen) atoms. The lowest BCUT2D eigenvalue weighted by Gasteiger charge is -2.08. The quantitative estimate of drug-likeness (QED) is 0.633. The van der Waals surface area contributed by atoms with Gasteiger partial charge in [-0.15, -0.1) is 0 Å². The Morgan fingerprint density at radius 3 is 2.58 bits per heavy atom. The maximum atomic E-state index is 12.7. The van der Waals surface area contributed by atoms with E-state index in [1.165, 1.54) is 11.1 Å². The minimum absolute atomic E-state index is 0.535. The fraction of sp³-hybridized carbons (Fsp3) is 0.455. The van der Waals surface area contributed by atoms with Crippen molar-refractivity contribution in [2.75, 3.05) is 0 Å². The summed E-state index contributed by atoms with van der Waals surface area (Å²) in [7, 11) is 0. The molecule has 0 fully saturated rings. The molecule has 0 saturated carbocycles. The van der Waals surface area contributed by atoms with Gasteiger partial charge in [0.25, 0.3) is 0 Å². The average Bonchev–Trinajstić information content (AvgIpc) is 1.98. The van der Waals surface area contributed by atoms with Crippen LogP contribution in [0.4, 0.5) is 4.39 Å². The lowest BCUT2D eigenvalue weighted by Crippen LogP contribution is -2.01. The van der Waals surface area contributed by atoms with E-state index in [1.54, 1.807) is 6.92 Å².